The lowest BCUT2D eigenvalue weighted by Crippen LogP contribution is -2.37. The van der Waals surface area contributed by atoms with Crippen molar-refractivity contribution in [3.05, 3.63) is 108 Å². The Labute approximate surface area is 246 Å². The third kappa shape index (κ3) is 5.76. The van der Waals surface area contributed by atoms with Gasteiger partial charge in [-0.1, -0.05) is 118 Å². The molecular formula is C38H40N2Si. The van der Waals surface area contributed by atoms with Gasteiger partial charge >= 0.3 is 0 Å². The van der Waals surface area contributed by atoms with Crippen molar-refractivity contribution < 1.29 is 0 Å². The van der Waals surface area contributed by atoms with Crippen LogP contribution in [0.4, 0.5) is 0 Å². The molecule has 0 bridgehead atoms. The quantitative estimate of drug-likeness (QED) is 0.203. The SMILES string of the molecule is CC(C)(C)c1cc(-c2cc(-c3ccc(-c4ccc([Si](C)(C)C)cc4)cc3)c(C(C)(C)C#N)cn2)cc2ccccc12. The maximum absolute atomic E-state index is 10.0. The van der Waals surface area contributed by atoms with E-state index >= 15 is 0 Å². The van der Waals surface area contributed by atoms with Crippen LogP contribution in [0.1, 0.15) is 45.7 Å². The zero-order valence-electron chi connectivity index (χ0n) is 25.6. The fraction of sp³-hybridized carbons (Fsp3) is 0.263. The van der Waals surface area contributed by atoms with Gasteiger partial charge in [-0.25, -0.2) is 0 Å². The van der Waals surface area contributed by atoms with E-state index in [1.54, 1.807) is 0 Å². The van der Waals surface area contributed by atoms with Crippen LogP contribution in [0.3, 0.4) is 0 Å². The van der Waals surface area contributed by atoms with Crippen molar-refractivity contribution in [3.63, 3.8) is 0 Å². The fourth-order valence-corrected chi connectivity index (χ4v) is 6.66. The Bertz CT molecular complexity index is 1760. The first-order chi connectivity index (χ1) is 19.3. The van der Waals surface area contributed by atoms with E-state index in [4.69, 9.17) is 4.98 Å². The minimum atomic E-state index is -1.33. The van der Waals surface area contributed by atoms with Crippen molar-refractivity contribution in [2.45, 2.75) is 65.1 Å². The molecule has 0 radical (unpaired) electrons. The average Bonchev–Trinajstić information content (AvgIpc) is 2.95. The van der Waals surface area contributed by atoms with Crippen LogP contribution >= 0.6 is 0 Å². The molecule has 5 rings (SSSR count). The van der Waals surface area contributed by atoms with Crippen molar-refractivity contribution in [2.75, 3.05) is 0 Å². The second-order valence-electron chi connectivity index (χ2n) is 13.8. The van der Waals surface area contributed by atoms with Gasteiger partial charge in [0.15, 0.2) is 0 Å². The van der Waals surface area contributed by atoms with E-state index in [-0.39, 0.29) is 5.41 Å². The standard InChI is InChI=1S/C38H40N2Si/c1-37(2,3)34-22-30(21-29-11-9-10-12-32(29)34)36-23-33(35(24-40-36)38(4,5)25-39)28-15-13-26(14-16-28)27-17-19-31(20-18-27)41(6,7)8/h9-24H,1-8H3. The fourth-order valence-electron chi connectivity index (χ4n) is 5.49. The van der Waals surface area contributed by atoms with Gasteiger partial charge in [0.1, 0.15) is 0 Å². The number of nitrogens with zero attached hydrogens (tertiary/aromatic N) is 2. The van der Waals surface area contributed by atoms with E-state index < -0.39 is 13.5 Å². The lowest BCUT2D eigenvalue weighted by molar-refractivity contribution is 0.596. The molecule has 1 heterocycles. The highest BCUT2D eigenvalue weighted by molar-refractivity contribution is 6.88. The van der Waals surface area contributed by atoms with Crippen LogP contribution in [0.2, 0.25) is 19.6 Å². The van der Waals surface area contributed by atoms with Gasteiger partial charge in [0.25, 0.3) is 0 Å². The largest absolute Gasteiger partial charge is 0.256 e. The highest BCUT2D eigenvalue weighted by Gasteiger charge is 2.26. The van der Waals surface area contributed by atoms with Gasteiger partial charge in [-0.05, 0) is 81.6 Å². The Kier molecular flexibility index (Phi) is 7.26. The number of hydrogen-bond acceptors (Lipinski definition) is 2. The topological polar surface area (TPSA) is 36.7 Å². The molecule has 41 heavy (non-hydrogen) atoms. The molecule has 206 valence electrons. The second-order valence-corrected chi connectivity index (χ2v) is 18.8. The summed E-state index contributed by atoms with van der Waals surface area (Å²) < 4.78 is 0. The molecule has 0 fully saturated rings. The van der Waals surface area contributed by atoms with Gasteiger partial charge < -0.3 is 0 Å². The van der Waals surface area contributed by atoms with Gasteiger partial charge in [0.05, 0.1) is 25.3 Å². The van der Waals surface area contributed by atoms with E-state index in [9.17, 15) is 5.26 Å². The van der Waals surface area contributed by atoms with Crippen LogP contribution in [0.15, 0.2) is 97.2 Å². The summed E-state index contributed by atoms with van der Waals surface area (Å²) in [6.45, 7) is 17.8. The molecule has 0 atom stereocenters. The molecule has 0 spiro atoms. The van der Waals surface area contributed by atoms with E-state index in [1.165, 1.54) is 32.6 Å². The highest BCUT2D eigenvalue weighted by Crippen LogP contribution is 2.38. The Balaban J connectivity index is 1.62. The summed E-state index contributed by atoms with van der Waals surface area (Å²) in [4.78, 5) is 4.92. The first-order valence-electron chi connectivity index (χ1n) is 14.4. The number of hydrogen-bond donors (Lipinski definition) is 0. The summed E-state index contributed by atoms with van der Waals surface area (Å²) in [6.07, 6.45) is 1.91. The molecule has 3 heteroatoms. The van der Waals surface area contributed by atoms with E-state index in [1.807, 2.05) is 20.0 Å². The van der Waals surface area contributed by atoms with Crippen molar-refractivity contribution in [1.82, 2.24) is 4.98 Å². The predicted molar refractivity (Wildman–Crippen MR) is 178 cm³/mol. The van der Waals surface area contributed by atoms with Crippen LogP contribution in [0, 0.1) is 11.3 Å². The van der Waals surface area contributed by atoms with E-state index in [2.05, 4.69) is 137 Å². The van der Waals surface area contributed by atoms with Gasteiger partial charge in [-0.2, -0.15) is 5.26 Å². The van der Waals surface area contributed by atoms with Crippen LogP contribution in [0.5, 0.6) is 0 Å². The Hall–Kier alpha value is -4.00. The average molecular weight is 553 g/mol. The van der Waals surface area contributed by atoms with Crippen molar-refractivity contribution in [2.24, 2.45) is 0 Å². The Morgan fingerprint density at radius 3 is 1.83 bits per heavy atom. The maximum atomic E-state index is 10.0. The molecule has 0 aliphatic carbocycles. The number of rotatable bonds is 5. The van der Waals surface area contributed by atoms with Gasteiger partial charge in [-0.3, -0.25) is 4.98 Å². The lowest BCUT2D eigenvalue weighted by atomic mass is 9.80. The van der Waals surface area contributed by atoms with Gasteiger partial charge in [-0.15, -0.1) is 0 Å². The normalized spacial score (nSPS) is 12.4. The maximum Gasteiger partial charge on any atom is 0.0787 e. The van der Waals surface area contributed by atoms with Crippen molar-refractivity contribution >= 4 is 24.0 Å². The van der Waals surface area contributed by atoms with Crippen LogP contribution < -0.4 is 5.19 Å². The Morgan fingerprint density at radius 1 is 0.659 bits per heavy atom. The molecule has 0 N–H and O–H groups in total. The summed E-state index contributed by atoms with van der Waals surface area (Å²) in [7, 11) is -1.33. The zero-order valence-corrected chi connectivity index (χ0v) is 26.6. The molecule has 0 unspecified atom stereocenters. The first-order valence-corrected chi connectivity index (χ1v) is 17.9. The summed E-state index contributed by atoms with van der Waals surface area (Å²) in [6, 6.07) is 35.6. The van der Waals surface area contributed by atoms with Crippen molar-refractivity contribution in [1.29, 1.82) is 5.26 Å². The second kappa shape index (κ2) is 10.4. The van der Waals surface area contributed by atoms with Crippen LogP contribution in [0.25, 0.3) is 44.3 Å². The molecule has 2 nitrogen and oxygen atoms in total. The monoisotopic (exact) mass is 552 g/mol. The van der Waals surface area contributed by atoms with E-state index in [0.717, 1.165) is 27.9 Å². The molecule has 1 aromatic heterocycles. The minimum Gasteiger partial charge on any atom is -0.256 e. The third-order valence-electron chi connectivity index (χ3n) is 8.10. The van der Waals surface area contributed by atoms with Crippen molar-refractivity contribution in [3.8, 4) is 39.6 Å². The molecule has 5 aromatic rings. The summed E-state index contributed by atoms with van der Waals surface area (Å²) >= 11 is 0. The van der Waals surface area contributed by atoms with Crippen LogP contribution in [-0.2, 0) is 10.8 Å². The van der Waals surface area contributed by atoms with Gasteiger partial charge in [0, 0.05) is 11.8 Å². The molecule has 0 aliphatic heterocycles. The van der Waals surface area contributed by atoms with Crippen LogP contribution in [-0.4, -0.2) is 13.1 Å². The number of fused-ring (bicyclic) bond motifs is 1. The smallest absolute Gasteiger partial charge is 0.0787 e. The highest BCUT2D eigenvalue weighted by atomic mass is 28.3. The molecular weight excluding hydrogens is 513 g/mol. The van der Waals surface area contributed by atoms with Gasteiger partial charge in [0.2, 0.25) is 0 Å². The molecule has 0 saturated carbocycles. The lowest BCUT2D eigenvalue weighted by Gasteiger charge is -2.24. The zero-order chi connectivity index (χ0) is 29.6. The first kappa shape index (κ1) is 28.5. The summed E-state index contributed by atoms with van der Waals surface area (Å²) in [5.41, 5.74) is 8.12. The number of benzene rings is 4. The number of pyridine rings is 1. The minimum absolute atomic E-state index is 0.00964. The molecule has 0 aliphatic rings. The third-order valence-corrected chi connectivity index (χ3v) is 10.2. The summed E-state index contributed by atoms with van der Waals surface area (Å²) in [5, 5.41) is 14.0. The van der Waals surface area contributed by atoms with E-state index in [0.29, 0.717) is 0 Å². The predicted octanol–water partition coefficient (Wildman–Crippen LogP) is 9.88. The molecule has 0 amide bonds. The number of aromatic nitrogens is 1. The number of nitriles is 1. The Morgan fingerprint density at radius 2 is 1.24 bits per heavy atom. The summed E-state index contributed by atoms with van der Waals surface area (Å²) in [5.74, 6) is 0. The molecule has 4 aromatic carbocycles. The molecule has 0 saturated heterocycles.